The highest BCUT2D eigenvalue weighted by molar-refractivity contribution is 7.90. The molecule has 3 aromatic carbocycles. The average Bonchev–Trinajstić information content (AvgIpc) is 3.27. The molecule has 0 aliphatic heterocycles. The first-order valence-electron chi connectivity index (χ1n) is 7.89. The summed E-state index contributed by atoms with van der Waals surface area (Å²) in [6, 6.07) is 15.2. The smallest absolute Gasteiger partial charge is 0.267 e. The Morgan fingerprint density at radius 3 is 2.44 bits per heavy atom. The SMILES string of the molecule is O=S(=O)(N=Nc1c2ccccc2c2nc3no[nH]c3nc12)c1ccccc1. The fourth-order valence-electron chi connectivity index (χ4n) is 2.88. The van der Waals surface area contributed by atoms with E-state index in [9.17, 15) is 8.42 Å². The lowest BCUT2D eigenvalue weighted by Crippen LogP contribution is -1.94. The summed E-state index contributed by atoms with van der Waals surface area (Å²) in [6.45, 7) is 0. The molecule has 132 valence electrons. The van der Waals surface area contributed by atoms with Gasteiger partial charge in [-0.3, -0.25) is 4.63 Å². The monoisotopic (exact) mass is 378 g/mol. The Morgan fingerprint density at radius 1 is 0.889 bits per heavy atom. The van der Waals surface area contributed by atoms with Crippen LogP contribution >= 0.6 is 0 Å². The molecule has 0 bridgehead atoms. The molecular weight excluding hydrogens is 368 g/mol. The zero-order valence-corrected chi connectivity index (χ0v) is 14.4. The fourth-order valence-corrected chi connectivity index (χ4v) is 3.66. The zero-order chi connectivity index (χ0) is 18.4. The van der Waals surface area contributed by atoms with Crippen LogP contribution in [0.3, 0.4) is 0 Å². The largest absolute Gasteiger partial charge is 0.299 e. The molecule has 0 aliphatic carbocycles. The van der Waals surface area contributed by atoms with Crippen molar-refractivity contribution in [3.8, 4) is 0 Å². The van der Waals surface area contributed by atoms with Crippen molar-refractivity contribution < 1.29 is 13.0 Å². The van der Waals surface area contributed by atoms with Gasteiger partial charge >= 0.3 is 0 Å². The van der Waals surface area contributed by atoms with Gasteiger partial charge in [-0.1, -0.05) is 47.0 Å². The Labute approximate surface area is 151 Å². The summed E-state index contributed by atoms with van der Waals surface area (Å²) in [5, 5.41) is 11.8. The van der Waals surface area contributed by atoms with E-state index in [-0.39, 0.29) is 4.90 Å². The van der Waals surface area contributed by atoms with Crippen LogP contribution in [0.15, 0.2) is 73.8 Å². The minimum atomic E-state index is -3.93. The number of hydrogen-bond acceptors (Lipinski definition) is 7. The van der Waals surface area contributed by atoms with E-state index in [2.05, 4.69) is 29.9 Å². The van der Waals surface area contributed by atoms with Gasteiger partial charge in [0.2, 0.25) is 11.3 Å². The molecule has 2 heterocycles. The Hall–Kier alpha value is -3.66. The standard InChI is InChI=1S/C17H10N6O3S/c24-27(25,10-6-2-1-3-7-10)23-20-14-12-9-5-4-8-11(12)13-15(14)19-17-16(18-13)21-26-22-17/h1-9H,(H,19,22). The molecule has 0 saturated heterocycles. The van der Waals surface area contributed by atoms with Gasteiger partial charge in [0.15, 0.2) is 0 Å². The molecule has 0 atom stereocenters. The average molecular weight is 378 g/mol. The van der Waals surface area contributed by atoms with Gasteiger partial charge in [-0.25, -0.2) is 9.97 Å². The predicted molar refractivity (Wildman–Crippen MR) is 97.1 cm³/mol. The minimum absolute atomic E-state index is 0.0646. The minimum Gasteiger partial charge on any atom is -0.267 e. The molecule has 5 aromatic rings. The van der Waals surface area contributed by atoms with Crippen LogP contribution in [0, 0.1) is 0 Å². The molecule has 0 amide bonds. The maximum absolute atomic E-state index is 12.4. The van der Waals surface area contributed by atoms with Crippen molar-refractivity contribution in [2.75, 3.05) is 0 Å². The maximum Gasteiger partial charge on any atom is 0.299 e. The first-order valence-corrected chi connectivity index (χ1v) is 9.33. The number of aromatic amines is 1. The number of fused-ring (bicyclic) bond motifs is 4. The number of H-pyrrole nitrogens is 1. The van der Waals surface area contributed by atoms with Crippen molar-refractivity contribution >= 4 is 48.8 Å². The van der Waals surface area contributed by atoms with Gasteiger partial charge in [0.25, 0.3) is 10.0 Å². The molecule has 10 heteroatoms. The van der Waals surface area contributed by atoms with E-state index in [0.29, 0.717) is 33.4 Å². The first kappa shape index (κ1) is 15.6. The Kier molecular flexibility index (Phi) is 3.28. The van der Waals surface area contributed by atoms with Crippen LogP contribution in [0.4, 0.5) is 5.69 Å². The summed E-state index contributed by atoms with van der Waals surface area (Å²) >= 11 is 0. The molecule has 1 N–H and O–H groups in total. The van der Waals surface area contributed by atoms with Crippen LogP contribution < -0.4 is 0 Å². The van der Waals surface area contributed by atoms with Crippen molar-refractivity contribution in [3.63, 3.8) is 0 Å². The van der Waals surface area contributed by atoms with Gasteiger partial charge < -0.3 is 0 Å². The van der Waals surface area contributed by atoms with Crippen LogP contribution in [-0.2, 0) is 10.0 Å². The molecule has 9 nitrogen and oxygen atoms in total. The van der Waals surface area contributed by atoms with Gasteiger partial charge in [0.05, 0.1) is 4.90 Å². The Bertz CT molecular complexity index is 1440. The zero-order valence-electron chi connectivity index (χ0n) is 13.6. The second kappa shape index (κ2) is 5.68. The van der Waals surface area contributed by atoms with E-state index in [1.165, 1.54) is 12.1 Å². The Balaban J connectivity index is 1.76. The number of benzene rings is 2. The normalized spacial score (nSPS) is 12.6. The lowest BCUT2D eigenvalue weighted by molar-refractivity contribution is 0.314. The molecule has 0 saturated carbocycles. The number of sulfonamides is 1. The van der Waals surface area contributed by atoms with Crippen molar-refractivity contribution in [2.24, 2.45) is 9.63 Å². The number of hydrogen-bond donors (Lipinski definition) is 1. The Morgan fingerprint density at radius 2 is 1.63 bits per heavy atom. The summed E-state index contributed by atoms with van der Waals surface area (Å²) in [4.78, 5) is 8.93. The van der Waals surface area contributed by atoms with Gasteiger partial charge in [0, 0.05) is 10.8 Å². The van der Waals surface area contributed by atoms with Gasteiger partial charge in [-0.15, -0.1) is 5.11 Å². The highest BCUT2D eigenvalue weighted by Gasteiger charge is 2.19. The third-order valence-electron chi connectivity index (χ3n) is 4.10. The lowest BCUT2D eigenvalue weighted by atomic mass is 10.2. The topological polar surface area (TPSA) is 126 Å². The van der Waals surface area contributed by atoms with E-state index in [0.717, 1.165) is 5.39 Å². The molecule has 27 heavy (non-hydrogen) atoms. The van der Waals surface area contributed by atoms with E-state index < -0.39 is 10.0 Å². The van der Waals surface area contributed by atoms with Crippen LogP contribution in [0.5, 0.6) is 0 Å². The number of aromatic nitrogens is 4. The van der Waals surface area contributed by atoms with Gasteiger partial charge in [-0.05, 0) is 17.3 Å². The molecule has 0 unspecified atom stereocenters. The summed E-state index contributed by atoms with van der Waals surface area (Å²) in [5.74, 6) is 0. The van der Waals surface area contributed by atoms with Crippen LogP contribution in [-0.4, -0.2) is 28.7 Å². The fraction of sp³-hybridized carbons (Fsp3) is 0. The second-order valence-corrected chi connectivity index (χ2v) is 7.33. The number of rotatable bonds is 3. The molecule has 2 aromatic heterocycles. The highest BCUT2D eigenvalue weighted by Crippen LogP contribution is 2.38. The first-order chi connectivity index (χ1) is 13.1. The predicted octanol–water partition coefficient (Wildman–Crippen LogP) is 3.72. The van der Waals surface area contributed by atoms with Crippen LogP contribution in [0.1, 0.15) is 0 Å². The number of nitrogens with one attached hydrogen (secondary N) is 1. The van der Waals surface area contributed by atoms with Crippen molar-refractivity contribution in [1.29, 1.82) is 0 Å². The lowest BCUT2D eigenvalue weighted by Gasteiger charge is -1.96. The third kappa shape index (κ3) is 2.46. The van der Waals surface area contributed by atoms with Gasteiger partial charge in [0.1, 0.15) is 16.7 Å². The van der Waals surface area contributed by atoms with E-state index in [4.69, 9.17) is 4.63 Å². The van der Waals surface area contributed by atoms with E-state index in [1.807, 2.05) is 24.3 Å². The molecule has 0 radical (unpaired) electrons. The highest BCUT2D eigenvalue weighted by atomic mass is 32.2. The summed E-state index contributed by atoms with van der Waals surface area (Å²) in [6.07, 6.45) is 0. The molecule has 0 spiro atoms. The summed E-state index contributed by atoms with van der Waals surface area (Å²) < 4.78 is 33.3. The second-order valence-electron chi connectivity index (χ2n) is 5.74. The van der Waals surface area contributed by atoms with Crippen molar-refractivity contribution in [3.05, 3.63) is 54.6 Å². The van der Waals surface area contributed by atoms with E-state index >= 15 is 0 Å². The van der Waals surface area contributed by atoms with Crippen LogP contribution in [0.25, 0.3) is 33.1 Å². The molecule has 0 fully saturated rings. The summed E-state index contributed by atoms with van der Waals surface area (Å²) in [5.41, 5.74) is 1.93. The van der Waals surface area contributed by atoms with E-state index in [1.54, 1.807) is 18.2 Å². The molecule has 0 aliphatic rings. The summed E-state index contributed by atoms with van der Waals surface area (Å²) in [7, 11) is -3.93. The van der Waals surface area contributed by atoms with Gasteiger partial charge in [-0.2, -0.15) is 13.6 Å². The third-order valence-corrected chi connectivity index (χ3v) is 5.27. The molecular formula is C17H10N6O3S. The maximum atomic E-state index is 12.4. The van der Waals surface area contributed by atoms with Crippen molar-refractivity contribution in [2.45, 2.75) is 4.90 Å². The van der Waals surface area contributed by atoms with Crippen molar-refractivity contribution in [1.82, 2.24) is 20.3 Å². The molecule has 5 rings (SSSR count). The van der Waals surface area contributed by atoms with Crippen LogP contribution in [0.2, 0.25) is 0 Å². The number of nitrogens with zero attached hydrogens (tertiary/aromatic N) is 5. The quantitative estimate of drug-likeness (QED) is 0.477.